The molecule has 8 rings (SSSR count). The number of ether oxygens (including phenoxy) is 1. The number of benzene rings is 6. The number of para-hydroxylation sites is 3. The minimum Gasteiger partial charge on any atom is -0.456 e. The van der Waals surface area contributed by atoms with Crippen molar-refractivity contribution < 1.29 is 9.15 Å². The first kappa shape index (κ1) is 28.4. The highest BCUT2D eigenvalue weighted by molar-refractivity contribution is 6.11. The average Bonchev–Trinajstić information content (AvgIpc) is 3.66. The molecule has 0 N–H and O–H groups in total. The van der Waals surface area contributed by atoms with Gasteiger partial charge in [-0.2, -0.15) is 0 Å². The van der Waals surface area contributed by atoms with Crippen LogP contribution < -0.4 is 4.74 Å². The van der Waals surface area contributed by atoms with Crippen molar-refractivity contribution in [2.24, 2.45) is 0 Å². The van der Waals surface area contributed by atoms with Gasteiger partial charge in [-0.05, 0) is 90.7 Å². The summed E-state index contributed by atoms with van der Waals surface area (Å²) >= 11 is 0. The van der Waals surface area contributed by atoms with Gasteiger partial charge in [0.2, 0.25) is 0 Å². The van der Waals surface area contributed by atoms with Crippen molar-refractivity contribution in [1.82, 2.24) is 4.57 Å². The lowest BCUT2D eigenvalue weighted by Crippen LogP contribution is -1.94. The molecule has 0 saturated carbocycles. The molecule has 2 heterocycles. The zero-order valence-electron chi connectivity index (χ0n) is 26.4. The van der Waals surface area contributed by atoms with Crippen molar-refractivity contribution in [2.75, 3.05) is 0 Å². The predicted octanol–water partition coefficient (Wildman–Crippen LogP) is 12.6. The van der Waals surface area contributed by atoms with E-state index in [1.807, 2.05) is 55.5 Å². The standard InChI is InChI=1S/C44H33NO2/c1-4-5-7-14-29(2)36-27-32(23-26-41(36)47-44-30(3)21-25-42-43(44)35-18-11-13-20-40(35)46-42)31-22-24-39-37(28-31)34-17-10-12-19-38(34)45(39)33-15-8-6-9-16-33/h4-28H,2H2,1,3H3/b5-4-,14-7-. The smallest absolute Gasteiger partial charge is 0.142 e. The molecule has 2 aromatic heterocycles. The molecule has 8 aromatic rings. The second kappa shape index (κ2) is 11.7. The fraction of sp³-hybridized carbons (Fsp3) is 0.0455. The summed E-state index contributed by atoms with van der Waals surface area (Å²) in [6.45, 7) is 8.55. The highest BCUT2D eigenvalue weighted by Gasteiger charge is 2.18. The Bertz CT molecular complexity index is 2520. The molecule has 0 radical (unpaired) electrons. The Kier molecular flexibility index (Phi) is 7.08. The molecule has 0 fully saturated rings. The van der Waals surface area contributed by atoms with Gasteiger partial charge >= 0.3 is 0 Å². The Balaban J connectivity index is 1.28. The molecule has 47 heavy (non-hydrogen) atoms. The summed E-state index contributed by atoms with van der Waals surface area (Å²) in [5, 5.41) is 4.45. The molecule has 0 unspecified atom stereocenters. The monoisotopic (exact) mass is 607 g/mol. The van der Waals surface area contributed by atoms with E-state index >= 15 is 0 Å². The van der Waals surface area contributed by atoms with Crippen molar-refractivity contribution in [1.29, 1.82) is 0 Å². The number of hydrogen-bond donors (Lipinski definition) is 0. The third-order valence-electron chi connectivity index (χ3n) is 8.85. The van der Waals surface area contributed by atoms with Crippen LogP contribution in [0.3, 0.4) is 0 Å². The van der Waals surface area contributed by atoms with E-state index in [-0.39, 0.29) is 0 Å². The Labute approximate surface area is 274 Å². The number of nitrogens with zero attached hydrogens (tertiary/aromatic N) is 1. The van der Waals surface area contributed by atoms with E-state index in [2.05, 4.69) is 121 Å². The zero-order valence-corrected chi connectivity index (χ0v) is 26.4. The van der Waals surface area contributed by atoms with Crippen molar-refractivity contribution in [2.45, 2.75) is 13.8 Å². The quantitative estimate of drug-likeness (QED) is 0.169. The van der Waals surface area contributed by atoms with Crippen LogP contribution in [0.1, 0.15) is 18.1 Å². The lowest BCUT2D eigenvalue weighted by atomic mass is 9.97. The van der Waals surface area contributed by atoms with Crippen LogP contribution in [0.2, 0.25) is 0 Å². The van der Waals surface area contributed by atoms with Crippen LogP contribution in [0.5, 0.6) is 11.5 Å². The molecule has 0 spiro atoms. The Morgan fingerprint density at radius 3 is 2.26 bits per heavy atom. The van der Waals surface area contributed by atoms with Crippen LogP contribution in [-0.4, -0.2) is 4.57 Å². The summed E-state index contributed by atoms with van der Waals surface area (Å²) in [5.41, 5.74) is 10.2. The maximum Gasteiger partial charge on any atom is 0.142 e. The molecule has 0 aliphatic carbocycles. The van der Waals surface area contributed by atoms with E-state index < -0.39 is 0 Å². The van der Waals surface area contributed by atoms with Gasteiger partial charge in [-0.1, -0.05) is 104 Å². The van der Waals surface area contributed by atoms with Gasteiger partial charge < -0.3 is 13.7 Å². The Hall–Kier alpha value is -6.06. The molecule has 0 amide bonds. The summed E-state index contributed by atoms with van der Waals surface area (Å²) in [7, 11) is 0. The maximum absolute atomic E-state index is 6.84. The second-order valence-electron chi connectivity index (χ2n) is 11.8. The molecule has 226 valence electrons. The number of furan rings is 1. The number of allylic oxidation sites excluding steroid dienone is 5. The number of rotatable bonds is 7. The molecule has 0 atom stereocenters. The van der Waals surface area contributed by atoms with Gasteiger partial charge in [-0.15, -0.1) is 0 Å². The summed E-state index contributed by atoms with van der Waals surface area (Å²) in [6.07, 6.45) is 8.06. The largest absolute Gasteiger partial charge is 0.456 e. The first-order valence-corrected chi connectivity index (χ1v) is 15.9. The van der Waals surface area contributed by atoms with Gasteiger partial charge in [0.05, 0.1) is 16.4 Å². The van der Waals surface area contributed by atoms with Crippen molar-refractivity contribution in [3.63, 3.8) is 0 Å². The summed E-state index contributed by atoms with van der Waals surface area (Å²) in [5.74, 6) is 1.54. The highest BCUT2D eigenvalue weighted by atomic mass is 16.5. The summed E-state index contributed by atoms with van der Waals surface area (Å²) in [6, 6.07) is 44.5. The van der Waals surface area contributed by atoms with E-state index in [9.17, 15) is 0 Å². The average molecular weight is 608 g/mol. The topological polar surface area (TPSA) is 27.3 Å². The lowest BCUT2D eigenvalue weighted by molar-refractivity contribution is 0.483. The fourth-order valence-electron chi connectivity index (χ4n) is 6.56. The van der Waals surface area contributed by atoms with Crippen LogP contribution in [0.15, 0.2) is 163 Å². The van der Waals surface area contributed by atoms with Crippen LogP contribution in [0.4, 0.5) is 0 Å². The third-order valence-corrected chi connectivity index (χ3v) is 8.85. The number of aryl methyl sites for hydroxylation is 1. The molecule has 3 nitrogen and oxygen atoms in total. The van der Waals surface area contributed by atoms with Crippen LogP contribution in [0.25, 0.3) is 66.1 Å². The first-order valence-electron chi connectivity index (χ1n) is 15.9. The van der Waals surface area contributed by atoms with Crippen molar-refractivity contribution in [3.05, 3.63) is 169 Å². The first-order chi connectivity index (χ1) is 23.1. The van der Waals surface area contributed by atoms with Crippen LogP contribution in [-0.2, 0) is 0 Å². The SMILES string of the molecule is C=C(/C=C\C=C/C)c1cc(-c2ccc3c(c2)c2ccccc2n3-c2ccccc2)ccc1Oc1c(C)ccc2oc3ccccc3c12. The Morgan fingerprint density at radius 1 is 0.681 bits per heavy atom. The molecule has 0 aliphatic heterocycles. The fourth-order valence-corrected chi connectivity index (χ4v) is 6.56. The van der Waals surface area contributed by atoms with E-state index in [4.69, 9.17) is 9.15 Å². The van der Waals surface area contributed by atoms with Gasteiger partial charge in [0.1, 0.15) is 22.7 Å². The highest BCUT2D eigenvalue weighted by Crippen LogP contribution is 2.43. The van der Waals surface area contributed by atoms with Crippen molar-refractivity contribution >= 4 is 49.3 Å². The summed E-state index contributed by atoms with van der Waals surface area (Å²) < 4.78 is 15.4. The molecule has 6 aromatic carbocycles. The molecule has 0 bridgehead atoms. The second-order valence-corrected chi connectivity index (χ2v) is 11.8. The molecule has 0 saturated heterocycles. The summed E-state index contributed by atoms with van der Waals surface area (Å²) in [4.78, 5) is 0. The number of hydrogen-bond acceptors (Lipinski definition) is 2. The third kappa shape index (κ3) is 4.93. The molecular formula is C44H33NO2. The lowest BCUT2D eigenvalue weighted by Gasteiger charge is -2.16. The van der Waals surface area contributed by atoms with Gasteiger partial charge in [-0.3, -0.25) is 0 Å². The van der Waals surface area contributed by atoms with Gasteiger partial charge in [0.25, 0.3) is 0 Å². The van der Waals surface area contributed by atoms with Gasteiger partial charge in [0.15, 0.2) is 0 Å². The maximum atomic E-state index is 6.84. The predicted molar refractivity (Wildman–Crippen MR) is 198 cm³/mol. The normalized spacial score (nSPS) is 12.0. The van der Waals surface area contributed by atoms with E-state index in [0.29, 0.717) is 0 Å². The minimum absolute atomic E-state index is 0.742. The molecular weight excluding hydrogens is 574 g/mol. The zero-order chi connectivity index (χ0) is 31.9. The van der Waals surface area contributed by atoms with E-state index in [1.54, 1.807) is 0 Å². The Morgan fingerprint density at radius 2 is 1.40 bits per heavy atom. The molecule has 0 aliphatic rings. The van der Waals surface area contributed by atoms with Gasteiger partial charge in [0, 0.05) is 27.4 Å². The minimum atomic E-state index is 0.742. The van der Waals surface area contributed by atoms with Gasteiger partial charge in [-0.25, -0.2) is 0 Å². The van der Waals surface area contributed by atoms with Crippen LogP contribution >= 0.6 is 0 Å². The number of aromatic nitrogens is 1. The number of fused-ring (bicyclic) bond motifs is 6. The van der Waals surface area contributed by atoms with E-state index in [0.717, 1.165) is 67.0 Å². The van der Waals surface area contributed by atoms with E-state index in [1.165, 1.54) is 21.8 Å². The van der Waals surface area contributed by atoms with Crippen molar-refractivity contribution in [3.8, 4) is 28.3 Å². The van der Waals surface area contributed by atoms with Crippen LogP contribution in [0, 0.1) is 6.92 Å². The molecule has 3 heteroatoms.